The number of likely N-dealkylation sites (tertiary alicyclic amines) is 1. The maximum atomic E-state index is 9.50. The number of rotatable bonds is 7. The maximum Gasteiger partial charge on any atom is 0.183 e. The number of aromatic nitrogens is 2. The summed E-state index contributed by atoms with van der Waals surface area (Å²) in [5.41, 5.74) is 1.13. The molecule has 4 rings (SSSR count). The van der Waals surface area contributed by atoms with E-state index >= 15 is 0 Å². The van der Waals surface area contributed by atoms with E-state index in [0.29, 0.717) is 27.7 Å². The third-order valence-corrected chi connectivity index (χ3v) is 7.07. The minimum Gasteiger partial charge on any atom is -0.395 e. The summed E-state index contributed by atoms with van der Waals surface area (Å²) in [7, 11) is 0. The Hall–Kier alpha value is -2.11. The number of benzene rings is 1. The average molecular weight is 475 g/mol. The van der Waals surface area contributed by atoms with Crippen molar-refractivity contribution >= 4 is 34.8 Å². The van der Waals surface area contributed by atoms with Crippen LogP contribution in [0.1, 0.15) is 37.1 Å². The lowest BCUT2D eigenvalue weighted by atomic mass is 9.80. The minimum atomic E-state index is -0.166. The summed E-state index contributed by atoms with van der Waals surface area (Å²) in [6, 6.07) is 7.32. The van der Waals surface area contributed by atoms with Gasteiger partial charge in [0.1, 0.15) is 11.9 Å². The normalized spacial score (nSPS) is 20.5. The van der Waals surface area contributed by atoms with Gasteiger partial charge in [-0.05, 0) is 55.8 Å². The van der Waals surface area contributed by atoms with Gasteiger partial charge in [-0.25, -0.2) is 9.97 Å². The number of halogens is 2. The van der Waals surface area contributed by atoms with Crippen LogP contribution in [0.3, 0.4) is 0 Å². The zero-order chi connectivity index (χ0) is 22.7. The Bertz CT molecular complexity index is 989. The van der Waals surface area contributed by atoms with Gasteiger partial charge in [-0.2, -0.15) is 5.26 Å². The number of nitrogens with zero attached hydrogens (tertiary/aromatic N) is 5. The number of piperidine rings is 1. The van der Waals surface area contributed by atoms with E-state index < -0.39 is 0 Å². The number of aliphatic hydroxyl groups is 1. The van der Waals surface area contributed by atoms with Gasteiger partial charge in [0.2, 0.25) is 0 Å². The largest absolute Gasteiger partial charge is 0.395 e. The Balaban J connectivity index is 1.42. The van der Waals surface area contributed by atoms with Crippen molar-refractivity contribution in [3.05, 3.63) is 45.7 Å². The lowest BCUT2D eigenvalue weighted by Crippen LogP contribution is -2.54. The Morgan fingerprint density at radius 2 is 2.09 bits per heavy atom. The lowest BCUT2D eigenvalue weighted by Gasteiger charge is -2.47. The molecular formula is C23H28Cl2N6O. The molecule has 2 aromatic rings. The standard InChI is InChI=1S/C23H28Cl2N6O/c1-15(19-5-4-18(24)9-20(19)25)28-23-21(10-26)27-11-22(29-23)31-13-17(14-31)16-3-2-6-30(12-16)7-8-32/h4-5,9,11,15-17,32H,2-3,6-8,12-14H2,1H3,(H,28,29)/t15-,16?/m1/s1. The van der Waals surface area contributed by atoms with Crippen LogP contribution in [0.5, 0.6) is 0 Å². The molecule has 0 radical (unpaired) electrons. The van der Waals surface area contributed by atoms with Gasteiger partial charge in [-0.15, -0.1) is 0 Å². The number of hydrogen-bond donors (Lipinski definition) is 2. The SMILES string of the molecule is C[C@@H](Nc1nc(N2CC(C3CCCN(CCO)C3)C2)cnc1C#N)c1ccc(Cl)cc1Cl. The second-order valence-electron chi connectivity index (χ2n) is 8.66. The average Bonchev–Trinajstić information content (AvgIpc) is 2.73. The molecule has 2 fully saturated rings. The Morgan fingerprint density at radius 3 is 2.81 bits per heavy atom. The molecule has 0 saturated carbocycles. The highest BCUT2D eigenvalue weighted by molar-refractivity contribution is 6.35. The number of nitrogens with one attached hydrogen (secondary N) is 1. The van der Waals surface area contributed by atoms with Crippen LogP contribution in [0.15, 0.2) is 24.4 Å². The second-order valence-corrected chi connectivity index (χ2v) is 9.50. The molecule has 2 atom stereocenters. The van der Waals surface area contributed by atoms with E-state index in [4.69, 9.17) is 28.2 Å². The monoisotopic (exact) mass is 474 g/mol. The van der Waals surface area contributed by atoms with Crippen LogP contribution in [0, 0.1) is 23.2 Å². The predicted molar refractivity (Wildman–Crippen MR) is 127 cm³/mol. The second kappa shape index (κ2) is 10.2. The van der Waals surface area contributed by atoms with Crippen molar-refractivity contribution in [3.8, 4) is 6.07 Å². The van der Waals surface area contributed by atoms with E-state index in [1.54, 1.807) is 18.3 Å². The molecule has 0 spiro atoms. The molecule has 0 aliphatic carbocycles. The highest BCUT2D eigenvalue weighted by Gasteiger charge is 2.36. The van der Waals surface area contributed by atoms with Crippen LogP contribution in [-0.4, -0.2) is 59.3 Å². The zero-order valence-electron chi connectivity index (χ0n) is 18.1. The molecule has 32 heavy (non-hydrogen) atoms. The number of nitriles is 1. The molecule has 1 unspecified atom stereocenters. The molecule has 3 heterocycles. The quantitative estimate of drug-likeness (QED) is 0.627. The summed E-state index contributed by atoms with van der Waals surface area (Å²) in [5.74, 6) is 2.51. The molecule has 1 aromatic carbocycles. The van der Waals surface area contributed by atoms with Gasteiger partial charge >= 0.3 is 0 Å². The number of β-amino-alcohol motifs (C(OH)–C–C–N with tert-alkyl or cyclic N) is 1. The number of aliphatic hydroxyl groups excluding tert-OH is 1. The Morgan fingerprint density at radius 1 is 1.28 bits per heavy atom. The maximum absolute atomic E-state index is 9.50. The molecule has 0 bridgehead atoms. The highest BCUT2D eigenvalue weighted by Crippen LogP contribution is 2.34. The van der Waals surface area contributed by atoms with Crippen LogP contribution in [0.25, 0.3) is 0 Å². The highest BCUT2D eigenvalue weighted by atomic mass is 35.5. The molecular weight excluding hydrogens is 447 g/mol. The first kappa shape index (κ1) is 23.1. The molecule has 2 saturated heterocycles. The van der Waals surface area contributed by atoms with E-state index in [0.717, 1.165) is 44.1 Å². The van der Waals surface area contributed by atoms with Gasteiger partial charge < -0.3 is 20.2 Å². The summed E-state index contributed by atoms with van der Waals surface area (Å²) in [6.45, 7) is 6.97. The molecule has 7 nitrogen and oxygen atoms in total. The van der Waals surface area contributed by atoms with Gasteiger partial charge in [0.25, 0.3) is 0 Å². The van der Waals surface area contributed by atoms with Crippen molar-refractivity contribution in [3.63, 3.8) is 0 Å². The van der Waals surface area contributed by atoms with Gasteiger partial charge in [-0.3, -0.25) is 0 Å². The summed E-state index contributed by atoms with van der Waals surface area (Å²) in [5, 5.41) is 23.2. The van der Waals surface area contributed by atoms with Crippen molar-refractivity contribution in [1.82, 2.24) is 14.9 Å². The van der Waals surface area contributed by atoms with Crippen molar-refractivity contribution in [2.45, 2.75) is 25.8 Å². The van der Waals surface area contributed by atoms with E-state index in [2.05, 4.69) is 26.2 Å². The topological polar surface area (TPSA) is 88.3 Å². The fraction of sp³-hybridized carbons (Fsp3) is 0.522. The molecule has 170 valence electrons. The molecule has 2 aliphatic rings. The Labute approximate surface area is 199 Å². The first-order valence-electron chi connectivity index (χ1n) is 11.0. The van der Waals surface area contributed by atoms with Crippen LogP contribution in [0.2, 0.25) is 10.0 Å². The summed E-state index contributed by atoms with van der Waals surface area (Å²) in [6.07, 6.45) is 4.11. The molecule has 2 N–H and O–H groups in total. The van der Waals surface area contributed by atoms with Crippen LogP contribution in [0.4, 0.5) is 11.6 Å². The first-order valence-corrected chi connectivity index (χ1v) is 11.8. The van der Waals surface area contributed by atoms with Crippen LogP contribution in [-0.2, 0) is 0 Å². The van der Waals surface area contributed by atoms with Gasteiger partial charge in [0, 0.05) is 36.2 Å². The first-order chi connectivity index (χ1) is 15.5. The fourth-order valence-corrected chi connectivity index (χ4v) is 5.24. The summed E-state index contributed by atoms with van der Waals surface area (Å²) < 4.78 is 0. The number of anilines is 2. The molecule has 1 aromatic heterocycles. The van der Waals surface area contributed by atoms with Crippen molar-refractivity contribution < 1.29 is 5.11 Å². The number of hydrogen-bond acceptors (Lipinski definition) is 7. The van der Waals surface area contributed by atoms with Crippen molar-refractivity contribution in [2.24, 2.45) is 11.8 Å². The third-order valence-electron chi connectivity index (χ3n) is 6.51. The zero-order valence-corrected chi connectivity index (χ0v) is 19.6. The lowest BCUT2D eigenvalue weighted by molar-refractivity contribution is 0.101. The molecule has 0 amide bonds. The smallest absolute Gasteiger partial charge is 0.183 e. The summed E-state index contributed by atoms with van der Waals surface area (Å²) >= 11 is 12.4. The van der Waals surface area contributed by atoms with Gasteiger partial charge in [0.05, 0.1) is 18.8 Å². The van der Waals surface area contributed by atoms with Crippen LogP contribution < -0.4 is 10.2 Å². The van der Waals surface area contributed by atoms with Crippen LogP contribution >= 0.6 is 23.2 Å². The van der Waals surface area contributed by atoms with Gasteiger partial charge in [-0.1, -0.05) is 29.3 Å². The molecule has 2 aliphatic heterocycles. The van der Waals surface area contributed by atoms with E-state index in [-0.39, 0.29) is 18.3 Å². The summed E-state index contributed by atoms with van der Waals surface area (Å²) in [4.78, 5) is 13.6. The predicted octanol–water partition coefficient (Wildman–Crippen LogP) is 3.97. The Kier molecular flexibility index (Phi) is 7.37. The fourth-order valence-electron chi connectivity index (χ4n) is 4.67. The molecule has 9 heteroatoms. The van der Waals surface area contributed by atoms with E-state index in [9.17, 15) is 10.4 Å². The van der Waals surface area contributed by atoms with Gasteiger partial charge in [0.15, 0.2) is 11.5 Å². The van der Waals surface area contributed by atoms with E-state index in [1.807, 2.05) is 13.0 Å². The third kappa shape index (κ3) is 5.10. The van der Waals surface area contributed by atoms with Crippen molar-refractivity contribution in [2.75, 3.05) is 49.5 Å². The minimum absolute atomic E-state index is 0.166. The van der Waals surface area contributed by atoms with E-state index in [1.165, 1.54) is 12.8 Å². The van der Waals surface area contributed by atoms with Crippen molar-refractivity contribution in [1.29, 1.82) is 5.26 Å².